The van der Waals surface area contributed by atoms with Crippen LogP contribution in [0.5, 0.6) is 0 Å². The molecule has 21 heavy (non-hydrogen) atoms. The summed E-state index contributed by atoms with van der Waals surface area (Å²) in [7, 11) is -4.67. The van der Waals surface area contributed by atoms with Crippen molar-refractivity contribution in [1.29, 1.82) is 0 Å². The number of halogens is 1. The van der Waals surface area contributed by atoms with E-state index in [4.69, 9.17) is 10.8 Å². The Kier molecular flexibility index (Phi) is 3.86. The van der Waals surface area contributed by atoms with Gasteiger partial charge in [-0.05, 0) is 12.1 Å². The van der Waals surface area contributed by atoms with Gasteiger partial charge in [0.2, 0.25) is 5.91 Å². The molecule has 0 spiro atoms. The average molecular weight is 316 g/mol. The summed E-state index contributed by atoms with van der Waals surface area (Å²) in [5.41, 5.74) is 5.69. The van der Waals surface area contributed by atoms with E-state index in [1.54, 1.807) is 0 Å². The second kappa shape index (κ2) is 5.32. The van der Waals surface area contributed by atoms with E-state index in [-0.39, 0.29) is 29.9 Å². The van der Waals surface area contributed by atoms with Gasteiger partial charge in [0.1, 0.15) is 0 Å². The van der Waals surface area contributed by atoms with Crippen molar-refractivity contribution in [2.75, 3.05) is 22.9 Å². The van der Waals surface area contributed by atoms with Gasteiger partial charge in [-0.1, -0.05) is 6.07 Å². The minimum atomic E-state index is -4.67. The van der Waals surface area contributed by atoms with Crippen LogP contribution in [0.3, 0.4) is 0 Å². The summed E-state index contributed by atoms with van der Waals surface area (Å²) in [5.74, 6) is -3.07. The predicted octanol–water partition coefficient (Wildman–Crippen LogP) is 0.619. The molecule has 0 saturated carbocycles. The normalized spacial score (nSPS) is 19.0. The molecular formula is C12H13FN2O5S. The number of rotatable bonds is 4. The minimum absolute atomic E-state index is 0.0186. The van der Waals surface area contributed by atoms with Gasteiger partial charge in [-0.25, -0.2) is 4.79 Å². The summed E-state index contributed by atoms with van der Waals surface area (Å²) < 4.78 is 34.0. The molecule has 1 unspecified atom stereocenters. The van der Waals surface area contributed by atoms with Crippen molar-refractivity contribution >= 4 is 33.5 Å². The van der Waals surface area contributed by atoms with E-state index in [0.717, 1.165) is 0 Å². The van der Waals surface area contributed by atoms with Crippen LogP contribution in [0.1, 0.15) is 16.8 Å². The molecule has 1 aliphatic rings. The van der Waals surface area contributed by atoms with Gasteiger partial charge in [0.05, 0.1) is 22.7 Å². The van der Waals surface area contributed by atoms with Crippen LogP contribution in [-0.2, 0) is 15.0 Å². The highest BCUT2D eigenvalue weighted by Crippen LogP contribution is 2.32. The lowest BCUT2D eigenvalue weighted by Crippen LogP contribution is -2.26. The molecule has 1 fully saturated rings. The fraction of sp³-hybridized carbons (Fsp3) is 0.333. The lowest BCUT2D eigenvalue weighted by molar-refractivity contribution is -0.117. The summed E-state index contributed by atoms with van der Waals surface area (Å²) in [6.07, 6.45) is -0.125. The second-order valence-corrected chi connectivity index (χ2v) is 6.23. The van der Waals surface area contributed by atoms with Gasteiger partial charge >= 0.3 is 16.2 Å². The summed E-state index contributed by atoms with van der Waals surface area (Å²) >= 11 is 0. The lowest BCUT2D eigenvalue weighted by Gasteiger charge is -2.19. The van der Waals surface area contributed by atoms with Gasteiger partial charge < -0.3 is 15.7 Å². The van der Waals surface area contributed by atoms with Crippen LogP contribution in [0.2, 0.25) is 0 Å². The molecule has 0 radical (unpaired) electrons. The van der Waals surface area contributed by atoms with Crippen LogP contribution < -0.4 is 10.6 Å². The maximum absolute atomic E-state index is 12.7. The molecule has 7 nitrogen and oxygen atoms in total. The number of hydrogen-bond donors (Lipinski definition) is 2. The van der Waals surface area contributed by atoms with Gasteiger partial charge in [-0.3, -0.25) is 4.79 Å². The number of carboxylic acids is 1. The molecule has 2 rings (SSSR count). The Bertz CT molecular complexity index is 704. The van der Waals surface area contributed by atoms with E-state index in [2.05, 4.69) is 0 Å². The van der Waals surface area contributed by atoms with E-state index in [9.17, 15) is 21.9 Å². The average Bonchev–Trinajstić information content (AvgIpc) is 2.67. The first-order valence-corrected chi connectivity index (χ1v) is 7.59. The lowest BCUT2D eigenvalue weighted by atomic mass is 10.1. The number of nitrogens with zero attached hydrogens (tertiary/aromatic N) is 1. The number of para-hydroxylation sites is 1. The smallest absolute Gasteiger partial charge is 0.337 e. The third-order valence-corrected chi connectivity index (χ3v) is 4.11. The Labute approximate surface area is 120 Å². The fourth-order valence-electron chi connectivity index (χ4n) is 2.38. The predicted molar refractivity (Wildman–Crippen MR) is 73.2 cm³/mol. The molecule has 1 aromatic rings. The molecule has 3 N–H and O–H groups in total. The van der Waals surface area contributed by atoms with Crippen molar-refractivity contribution in [2.45, 2.75) is 6.42 Å². The van der Waals surface area contributed by atoms with Crippen LogP contribution >= 0.6 is 0 Å². The van der Waals surface area contributed by atoms with E-state index in [0.29, 0.717) is 0 Å². The first-order chi connectivity index (χ1) is 9.69. The highest BCUT2D eigenvalue weighted by molar-refractivity contribution is 7.86. The minimum Gasteiger partial charge on any atom is -0.478 e. The Morgan fingerprint density at radius 2 is 2.14 bits per heavy atom. The fourth-order valence-corrected chi connectivity index (χ4v) is 3.17. The molecule has 1 aromatic carbocycles. The maximum Gasteiger partial charge on any atom is 0.337 e. The highest BCUT2D eigenvalue weighted by Gasteiger charge is 2.34. The number of anilines is 2. The summed E-state index contributed by atoms with van der Waals surface area (Å²) in [6, 6.07) is 4.19. The molecular weight excluding hydrogens is 303 g/mol. The van der Waals surface area contributed by atoms with E-state index in [1.807, 2.05) is 0 Å². The zero-order valence-corrected chi connectivity index (χ0v) is 11.6. The van der Waals surface area contributed by atoms with Crippen molar-refractivity contribution in [2.24, 2.45) is 5.92 Å². The third-order valence-electron chi connectivity index (χ3n) is 3.24. The number of hydrogen-bond acceptors (Lipinski definition) is 5. The number of nitrogen functional groups attached to an aromatic ring is 1. The van der Waals surface area contributed by atoms with Gasteiger partial charge in [-0.2, -0.15) is 8.42 Å². The number of carbonyl (C=O) groups excluding carboxylic acids is 1. The summed E-state index contributed by atoms with van der Waals surface area (Å²) in [4.78, 5) is 24.1. The monoisotopic (exact) mass is 316 g/mol. The van der Waals surface area contributed by atoms with E-state index in [1.165, 1.54) is 23.1 Å². The topological polar surface area (TPSA) is 118 Å². The first kappa shape index (κ1) is 15.2. The van der Waals surface area contributed by atoms with Crippen molar-refractivity contribution in [3.05, 3.63) is 23.8 Å². The third kappa shape index (κ3) is 3.30. The van der Waals surface area contributed by atoms with Gasteiger partial charge in [0.25, 0.3) is 0 Å². The number of aromatic carboxylic acids is 1. The molecule has 1 amide bonds. The number of benzene rings is 1. The maximum atomic E-state index is 12.7. The SMILES string of the molecule is Nc1c(C(=O)O)cccc1N1CC(CS(=O)(=O)F)CC1=O. The van der Waals surface area contributed by atoms with Crippen molar-refractivity contribution < 1.29 is 27.0 Å². The molecule has 114 valence electrons. The Morgan fingerprint density at radius 1 is 1.48 bits per heavy atom. The van der Waals surface area contributed by atoms with Crippen LogP contribution in [-0.4, -0.2) is 37.7 Å². The standard InChI is InChI=1S/C12H13FN2O5S/c13-21(19,20)6-7-4-10(16)15(5-7)9-3-1-2-8(11(9)14)12(17)18/h1-3,7H,4-6,14H2,(H,17,18). The zero-order chi connectivity index (χ0) is 15.8. The largest absolute Gasteiger partial charge is 0.478 e. The molecule has 0 bridgehead atoms. The summed E-state index contributed by atoms with van der Waals surface area (Å²) in [6.45, 7) is -0.0186. The van der Waals surface area contributed by atoms with Gasteiger partial charge in [0, 0.05) is 18.9 Å². The van der Waals surface area contributed by atoms with Crippen molar-refractivity contribution in [3.8, 4) is 0 Å². The van der Waals surface area contributed by atoms with E-state index >= 15 is 0 Å². The highest BCUT2D eigenvalue weighted by atomic mass is 32.3. The molecule has 0 aliphatic carbocycles. The van der Waals surface area contributed by atoms with Crippen molar-refractivity contribution in [1.82, 2.24) is 0 Å². The Balaban J connectivity index is 2.29. The Morgan fingerprint density at radius 3 is 2.71 bits per heavy atom. The quantitative estimate of drug-likeness (QED) is 0.621. The molecule has 1 atom stereocenters. The number of carbonyl (C=O) groups is 2. The molecule has 0 aromatic heterocycles. The summed E-state index contributed by atoms with van der Waals surface area (Å²) in [5, 5.41) is 8.99. The molecule has 1 heterocycles. The van der Waals surface area contributed by atoms with Gasteiger partial charge in [-0.15, -0.1) is 3.89 Å². The molecule has 1 aliphatic heterocycles. The second-order valence-electron chi connectivity index (χ2n) is 4.82. The van der Waals surface area contributed by atoms with Crippen LogP contribution in [0.4, 0.5) is 15.3 Å². The number of carboxylic acid groups (broad SMARTS) is 1. The van der Waals surface area contributed by atoms with Crippen LogP contribution in [0.15, 0.2) is 18.2 Å². The van der Waals surface area contributed by atoms with Crippen LogP contribution in [0.25, 0.3) is 0 Å². The zero-order valence-electron chi connectivity index (χ0n) is 10.8. The van der Waals surface area contributed by atoms with E-state index < -0.39 is 33.8 Å². The van der Waals surface area contributed by atoms with Crippen molar-refractivity contribution in [3.63, 3.8) is 0 Å². The molecule has 9 heteroatoms. The first-order valence-electron chi connectivity index (χ1n) is 6.03. The molecule has 1 saturated heterocycles. The van der Waals surface area contributed by atoms with Crippen LogP contribution in [0, 0.1) is 5.92 Å². The number of nitrogens with two attached hydrogens (primary N) is 1. The van der Waals surface area contributed by atoms with Gasteiger partial charge in [0.15, 0.2) is 0 Å². The Hall–Kier alpha value is -2.16. The number of amides is 1.